The summed E-state index contributed by atoms with van der Waals surface area (Å²) in [5.74, 6) is -2.17. The number of ether oxygens (including phenoxy) is 3. The predicted octanol–water partition coefficient (Wildman–Crippen LogP) is 4.47. The van der Waals surface area contributed by atoms with E-state index in [9.17, 15) is 23.1 Å². The molecule has 1 unspecified atom stereocenters. The third-order valence-corrected chi connectivity index (χ3v) is 6.09. The van der Waals surface area contributed by atoms with Crippen LogP contribution in [0.15, 0.2) is 91.0 Å². The first kappa shape index (κ1) is 26.8. The summed E-state index contributed by atoms with van der Waals surface area (Å²) in [5.41, 5.74) is 2.35. The van der Waals surface area contributed by atoms with Crippen LogP contribution in [0, 0.1) is 0 Å². The molecule has 3 aromatic carbocycles. The highest BCUT2D eigenvalue weighted by Gasteiger charge is 2.57. The molecule has 0 radical (unpaired) electrons. The summed E-state index contributed by atoms with van der Waals surface area (Å²) in [6.07, 6.45) is -9.40. The zero-order chi connectivity index (χ0) is 26.3. The fourth-order valence-corrected chi connectivity index (χ4v) is 4.29. The van der Waals surface area contributed by atoms with Gasteiger partial charge < -0.3 is 19.3 Å². The maximum absolute atomic E-state index is 13.6. The van der Waals surface area contributed by atoms with Crippen molar-refractivity contribution in [3.8, 4) is 0 Å². The topological polar surface area (TPSA) is 68.2 Å². The molecule has 9 heteroatoms. The van der Waals surface area contributed by atoms with Crippen LogP contribution in [0.2, 0.25) is 0 Å². The van der Waals surface area contributed by atoms with Crippen molar-refractivity contribution in [2.24, 2.45) is 0 Å². The van der Waals surface area contributed by atoms with Crippen molar-refractivity contribution in [1.29, 1.82) is 0 Å². The normalized spacial score (nSPS) is 21.8. The maximum Gasteiger partial charge on any atom is 0.471 e. The van der Waals surface area contributed by atoms with Crippen LogP contribution in [-0.4, -0.2) is 53.2 Å². The number of aliphatic hydroxyl groups excluding tert-OH is 1. The van der Waals surface area contributed by atoms with Crippen LogP contribution in [0.3, 0.4) is 0 Å². The van der Waals surface area contributed by atoms with Gasteiger partial charge in [-0.3, -0.25) is 9.69 Å². The van der Waals surface area contributed by atoms with Crippen LogP contribution < -0.4 is 0 Å². The van der Waals surface area contributed by atoms with Gasteiger partial charge in [-0.2, -0.15) is 13.2 Å². The second-order valence-electron chi connectivity index (χ2n) is 8.71. The number of rotatable bonds is 10. The van der Waals surface area contributed by atoms with E-state index < -0.39 is 36.6 Å². The van der Waals surface area contributed by atoms with Gasteiger partial charge in [-0.25, -0.2) is 0 Å². The van der Waals surface area contributed by atoms with E-state index in [1.54, 1.807) is 24.3 Å². The maximum atomic E-state index is 13.6. The average Bonchev–Trinajstić information content (AvgIpc) is 3.17. The summed E-state index contributed by atoms with van der Waals surface area (Å²) in [6, 6.07) is 25.9. The number of aliphatic hydroxyl groups is 1. The van der Waals surface area contributed by atoms with Crippen LogP contribution in [-0.2, 0) is 38.8 Å². The second-order valence-corrected chi connectivity index (χ2v) is 8.71. The molecular formula is C28H28F3NO5. The SMILES string of the molecule is O=C(N1C(O)[C@@H](OCc2ccccc2)[C@H](OCc2ccccc2)[C@H]1COCc1ccccc1)C(F)(F)F. The first-order chi connectivity index (χ1) is 17.8. The third-order valence-electron chi connectivity index (χ3n) is 6.09. The standard InChI is InChI=1S/C28H28F3NO5/c29-28(30,31)27(34)32-23(19-35-16-20-10-4-1-5-11-20)24(36-17-21-12-6-2-7-13-21)25(26(32)33)37-18-22-14-8-3-9-15-22/h1-15,23-26,33H,16-19H2/t23-,24-,25+,26?/m1/s1. The third kappa shape index (κ3) is 6.95. The van der Waals surface area contributed by atoms with Gasteiger partial charge in [0.1, 0.15) is 12.2 Å². The molecule has 4 atom stereocenters. The Morgan fingerprint density at radius 2 is 1.16 bits per heavy atom. The lowest BCUT2D eigenvalue weighted by atomic mass is 10.1. The Morgan fingerprint density at radius 1 is 0.730 bits per heavy atom. The largest absolute Gasteiger partial charge is 0.471 e. The van der Waals surface area contributed by atoms with Crippen molar-refractivity contribution >= 4 is 5.91 Å². The Labute approximate surface area is 213 Å². The summed E-state index contributed by atoms with van der Waals surface area (Å²) in [4.78, 5) is 12.8. The van der Waals surface area contributed by atoms with Gasteiger partial charge in [-0.15, -0.1) is 0 Å². The molecule has 1 saturated heterocycles. The minimum atomic E-state index is -5.20. The summed E-state index contributed by atoms with van der Waals surface area (Å²) < 4.78 is 58.4. The molecule has 0 bridgehead atoms. The molecule has 1 aliphatic heterocycles. The van der Waals surface area contributed by atoms with Crippen LogP contribution in [0.1, 0.15) is 16.7 Å². The summed E-state index contributed by atoms with van der Waals surface area (Å²) in [7, 11) is 0. The molecule has 3 aromatic rings. The van der Waals surface area contributed by atoms with Crippen molar-refractivity contribution in [2.75, 3.05) is 6.61 Å². The quantitative estimate of drug-likeness (QED) is 0.432. The number of nitrogens with zero attached hydrogens (tertiary/aromatic N) is 1. The van der Waals surface area contributed by atoms with Crippen LogP contribution in [0.5, 0.6) is 0 Å². The molecule has 0 saturated carbocycles. The lowest BCUT2D eigenvalue weighted by molar-refractivity contribution is -0.199. The lowest BCUT2D eigenvalue weighted by Gasteiger charge is -2.29. The number of amides is 1. The zero-order valence-corrected chi connectivity index (χ0v) is 20.0. The highest BCUT2D eigenvalue weighted by molar-refractivity contribution is 5.83. The van der Waals surface area contributed by atoms with Gasteiger partial charge in [0, 0.05) is 0 Å². The van der Waals surface area contributed by atoms with Crippen LogP contribution in [0.25, 0.3) is 0 Å². The number of benzene rings is 3. The molecule has 6 nitrogen and oxygen atoms in total. The number of hydrogen-bond acceptors (Lipinski definition) is 5. The van der Waals surface area contributed by atoms with Crippen molar-refractivity contribution in [2.45, 2.75) is 50.5 Å². The Bertz CT molecular complexity index is 1110. The molecule has 196 valence electrons. The van der Waals surface area contributed by atoms with Crippen LogP contribution >= 0.6 is 0 Å². The number of alkyl halides is 3. The van der Waals surface area contributed by atoms with Gasteiger partial charge in [-0.1, -0.05) is 91.0 Å². The highest BCUT2D eigenvalue weighted by Crippen LogP contribution is 2.34. The Hall–Kier alpha value is -3.24. The molecule has 1 amide bonds. The average molecular weight is 516 g/mol. The molecule has 1 fully saturated rings. The van der Waals surface area contributed by atoms with E-state index in [1.165, 1.54) is 0 Å². The minimum Gasteiger partial charge on any atom is -0.375 e. The van der Waals surface area contributed by atoms with E-state index in [1.807, 2.05) is 66.7 Å². The van der Waals surface area contributed by atoms with Gasteiger partial charge in [0.05, 0.1) is 32.5 Å². The first-order valence-corrected chi connectivity index (χ1v) is 11.8. The minimum absolute atomic E-state index is 0.0133. The zero-order valence-electron chi connectivity index (χ0n) is 20.0. The molecule has 1 aliphatic rings. The van der Waals surface area contributed by atoms with Crippen LogP contribution in [0.4, 0.5) is 13.2 Å². The van der Waals surface area contributed by atoms with Gasteiger partial charge in [0.15, 0.2) is 6.23 Å². The number of likely N-dealkylation sites (tertiary alicyclic amines) is 1. The second kappa shape index (κ2) is 12.3. The van der Waals surface area contributed by atoms with E-state index in [-0.39, 0.29) is 26.4 Å². The Morgan fingerprint density at radius 3 is 1.62 bits per heavy atom. The summed E-state index contributed by atoms with van der Waals surface area (Å²) in [6.45, 7) is -0.118. The van der Waals surface area contributed by atoms with Gasteiger partial charge in [-0.05, 0) is 16.7 Å². The van der Waals surface area contributed by atoms with Gasteiger partial charge in [0.25, 0.3) is 0 Å². The first-order valence-electron chi connectivity index (χ1n) is 11.8. The molecule has 1 N–H and O–H groups in total. The number of hydrogen-bond donors (Lipinski definition) is 1. The van der Waals surface area contributed by atoms with Crippen molar-refractivity contribution in [3.63, 3.8) is 0 Å². The Balaban J connectivity index is 1.58. The summed E-state index contributed by atoms with van der Waals surface area (Å²) >= 11 is 0. The predicted molar refractivity (Wildman–Crippen MR) is 129 cm³/mol. The molecule has 37 heavy (non-hydrogen) atoms. The number of carbonyl (C=O) groups excluding carboxylic acids is 1. The van der Waals surface area contributed by atoms with E-state index >= 15 is 0 Å². The Kier molecular flexibility index (Phi) is 8.94. The monoisotopic (exact) mass is 515 g/mol. The van der Waals surface area contributed by atoms with E-state index in [0.29, 0.717) is 4.90 Å². The van der Waals surface area contributed by atoms with Crippen molar-refractivity contribution < 1.29 is 37.3 Å². The number of halogens is 3. The highest BCUT2D eigenvalue weighted by atomic mass is 19.4. The lowest BCUT2D eigenvalue weighted by Crippen LogP contribution is -2.51. The van der Waals surface area contributed by atoms with Gasteiger partial charge >= 0.3 is 12.1 Å². The smallest absolute Gasteiger partial charge is 0.375 e. The summed E-state index contributed by atoms with van der Waals surface area (Å²) in [5, 5.41) is 11.0. The van der Waals surface area contributed by atoms with Crippen molar-refractivity contribution in [3.05, 3.63) is 108 Å². The molecule has 1 heterocycles. The van der Waals surface area contributed by atoms with E-state index in [2.05, 4.69) is 0 Å². The van der Waals surface area contributed by atoms with E-state index in [0.717, 1.165) is 16.7 Å². The fourth-order valence-electron chi connectivity index (χ4n) is 4.29. The molecular weight excluding hydrogens is 487 g/mol. The van der Waals surface area contributed by atoms with E-state index in [4.69, 9.17) is 14.2 Å². The molecule has 4 rings (SSSR count). The molecule has 0 aromatic heterocycles. The van der Waals surface area contributed by atoms with Crippen molar-refractivity contribution in [1.82, 2.24) is 4.90 Å². The molecule has 0 spiro atoms. The number of carbonyl (C=O) groups is 1. The molecule has 0 aliphatic carbocycles. The van der Waals surface area contributed by atoms with Gasteiger partial charge in [0.2, 0.25) is 0 Å². The fraction of sp³-hybridized carbons (Fsp3) is 0.321.